The summed E-state index contributed by atoms with van der Waals surface area (Å²) < 4.78 is 35.9. The first-order valence-electron chi connectivity index (χ1n) is 11.2. The summed E-state index contributed by atoms with van der Waals surface area (Å²) in [4.78, 5) is 17.0. The monoisotopic (exact) mass is 450 g/mol. The lowest BCUT2D eigenvalue weighted by Crippen LogP contribution is -2.42. The first-order chi connectivity index (χ1) is 15.8. The van der Waals surface area contributed by atoms with Gasteiger partial charge in [-0.15, -0.1) is 0 Å². The van der Waals surface area contributed by atoms with Crippen LogP contribution in [0, 0.1) is 11.6 Å². The lowest BCUT2D eigenvalue weighted by Gasteiger charge is -2.43. The Morgan fingerprint density at radius 3 is 2.61 bits per heavy atom. The molecule has 0 amide bonds. The maximum atomic E-state index is 15.5. The molecule has 4 nitrogen and oxygen atoms in total. The summed E-state index contributed by atoms with van der Waals surface area (Å²) in [6, 6.07) is 9.77. The Labute approximate surface area is 192 Å². The molecule has 0 saturated heterocycles. The van der Waals surface area contributed by atoms with Gasteiger partial charge in [-0.2, -0.15) is 0 Å². The van der Waals surface area contributed by atoms with Crippen LogP contribution in [0.15, 0.2) is 54.8 Å². The lowest BCUT2D eigenvalue weighted by atomic mass is 9.87. The Bertz CT molecular complexity index is 1220. The number of aromatic nitrogens is 1. The number of rotatable bonds is 6. The van der Waals surface area contributed by atoms with E-state index in [9.17, 15) is 4.79 Å². The summed E-state index contributed by atoms with van der Waals surface area (Å²) >= 11 is 0. The Hall–Kier alpha value is -3.41. The van der Waals surface area contributed by atoms with Crippen molar-refractivity contribution in [1.82, 2.24) is 9.88 Å². The molecule has 1 aromatic heterocycles. The van der Waals surface area contributed by atoms with E-state index in [0.717, 1.165) is 34.3 Å². The molecule has 6 heteroatoms. The Morgan fingerprint density at radius 1 is 1.24 bits per heavy atom. The fourth-order valence-corrected chi connectivity index (χ4v) is 4.74. The summed E-state index contributed by atoms with van der Waals surface area (Å²) in [5, 5.41) is 1.07. The molecule has 2 atom stereocenters. The number of aromatic amines is 1. The van der Waals surface area contributed by atoms with E-state index in [0.29, 0.717) is 6.42 Å². The van der Waals surface area contributed by atoms with Gasteiger partial charge in [-0.05, 0) is 62.1 Å². The first kappa shape index (κ1) is 22.8. The summed E-state index contributed by atoms with van der Waals surface area (Å²) in [7, 11) is 0. The number of H-pyrrole nitrogens is 1. The first-order valence-corrected chi connectivity index (χ1v) is 11.2. The van der Waals surface area contributed by atoms with Gasteiger partial charge in [0.05, 0.1) is 12.2 Å². The standard InChI is InChI=1S/C27H28F2N2O2/c1-5-16(3)31-17(4)13-20-19-9-7-8-10-23(19)30-26(20)27(31)25-21(28)14-18(15-22(25)29)11-12-24(32)33-6-2/h7-12,14-15,17,27,30H,3,5-6,13H2,1-2,4H3/b12-11+. The third kappa shape index (κ3) is 4.17. The smallest absolute Gasteiger partial charge is 0.330 e. The molecule has 1 aliphatic rings. The summed E-state index contributed by atoms with van der Waals surface area (Å²) in [6.45, 7) is 10.2. The quantitative estimate of drug-likeness (QED) is 0.355. The van der Waals surface area contributed by atoms with Gasteiger partial charge in [0.25, 0.3) is 0 Å². The second-order valence-corrected chi connectivity index (χ2v) is 8.33. The predicted molar refractivity (Wildman–Crippen MR) is 127 cm³/mol. The van der Waals surface area contributed by atoms with Crippen LogP contribution in [0.25, 0.3) is 17.0 Å². The number of allylic oxidation sites excluding steroid dienone is 1. The van der Waals surface area contributed by atoms with E-state index in [1.165, 1.54) is 24.3 Å². The van der Waals surface area contributed by atoms with Gasteiger partial charge in [0.1, 0.15) is 17.7 Å². The summed E-state index contributed by atoms with van der Waals surface area (Å²) in [5.41, 5.74) is 3.85. The van der Waals surface area contributed by atoms with Gasteiger partial charge in [-0.25, -0.2) is 13.6 Å². The van der Waals surface area contributed by atoms with Gasteiger partial charge in [0.15, 0.2) is 0 Å². The Kier molecular flexibility index (Phi) is 6.36. The minimum absolute atomic E-state index is 0.0105. The molecule has 4 rings (SSSR count). The zero-order chi connectivity index (χ0) is 23.7. The van der Waals surface area contributed by atoms with Gasteiger partial charge < -0.3 is 14.6 Å². The van der Waals surface area contributed by atoms with E-state index in [1.807, 2.05) is 36.1 Å². The van der Waals surface area contributed by atoms with Crippen LogP contribution in [0.3, 0.4) is 0 Å². The molecule has 0 spiro atoms. The molecule has 1 N–H and O–H groups in total. The van der Waals surface area contributed by atoms with Crippen molar-refractivity contribution in [3.8, 4) is 0 Å². The SMILES string of the molecule is C=C(CC)N1C(C)Cc2c([nH]c3ccccc23)C1c1c(F)cc(/C=C/C(=O)OCC)cc1F. The van der Waals surface area contributed by atoms with Crippen molar-refractivity contribution in [2.24, 2.45) is 0 Å². The van der Waals surface area contributed by atoms with Gasteiger partial charge in [0.2, 0.25) is 0 Å². The van der Waals surface area contributed by atoms with E-state index in [2.05, 4.69) is 18.5 Å². The average Bonchev–Trinajstić information content (AvgIpc) is 3.15. The molecule has 2 aromatic carbocycles. The minimum Gasteiger partial charge on any atom is -0.463 e. The van der Waals surface area contributed by atoms with Crippen LogP contribution < -0.4 is 0 Å². The summed E-state index contributed by atoms with van der Waals surface area (Å²) in [6.07, 6.45) is 3.94. The highest BCUT2D eigenvalue weighted by atomic mass is 19.1. The highest BCUT2D eigenvalue weighted by Crippen LogP contribution is 2.44. The van der Waals surface area contributed by atoms with Gasteiger partial charge >= 0.3 is 5.97 Å². The predicted octanol–water partition coefficient (Wildman–Crippen LogP) is 6.28. The zero-order valence-electron chi connectivity index (χ0n) is 19.1. The molecule has 0 aliphatic carbocycles. The molecule has 2 heterocycles. The fraction of sp³-hybridized carbons (Fsp3) is 0.296. The molecule has 1 aliphatic heterocycles. The molecule has 0 saturated carbocycles. The third-order valence-electron chi connectivity index (χ3n) is 6.22. The number of nitrogens with one attached hydrogen (secondary N) is 1. The van der Waals surface area contributed by atoms with Crippen LogP contribution >= 0.6 is 0 Å². The van der Waals surface area contributed by atoms with Crippen molar-refractivity contribution < 1.29 is 18.3 Å². The molecule has 172 valence electrons. The number of ether oxygens (including phenoxy) is 1. The van der Waals surface area contributed by atoms with Gasteiger partial charge in [-0.1, -0.05) is 31.7 Å². The van der Waals surface area contributed by atoms with Gasteiger partial charge in [0, 0.05) is 34.4 Å². The van der Waals surface area contributed by atoms with Crippen LogP contribution in [-0.2, 0) is 16.0 Å². The fourth-order valence-electron chi connectivity index (χ4n) is 4.74. The molecule has 0 bridgehead atoms. The molecular weight excluding hydrogens is 422 g/mol. The second kappa shape index (κ2) is 9.22. The van der Waals surface area contributed by atoms with Crippen molar-refractivity contribution in [2.45, 2.75) is 45.7 Å². The lowest BCUT2D eigenvalue weighted by molar-refractivity contribution is -0.137. The average molecular weight is 451 g/mol. The number of nitrogens with zero attached hydrogens (tertiary/aromatic N) is 1. The van der Waals surface area contributed by atoms with E-state index in [1.54, 1.807) is 6.92 Å². The maximum absolute atomic E-state index is 15.5. The molecule has 0 radical (unpaired) electrons. The number of hydrogen-bond acceptors (Lipinski definition) is 3. The highest BCUT2D eigenvalue weighted by Gasteiger charge is 2.38. The molecule has 3 aromatic rings. The zero-order valence-corrected chi connectivity index (χ0v) is 19.1. The number of carbonyl (C=O) groups is 1. The minimum atomic E-state index is -0.674. The van der Waals surface area contributed by atoms with E-state index in [4.69, 9.17) is 4.74 Å². The number of benzene rings is 2. The van der Waals surface area contributed by atoms with Crippen LogP contribution in [0.5, 0.6) is 0 Å². The third-order valence-corrected chi connectivity index (χ3v) is 6.22. The molecule has 33 heavy (non-hydrogen) atoms. The van der Waals surface area contributed by atoms with Crippen molar-refractivity contribution in [3.05, 3.63) is 88.8 Å². The van der Waals surface area contributed by atoms with Crippen LogP contribution in [-0.4, -0.2) is 28.5 Å². The number of para-hydroxylation sites is 1. The molecule has 2 unspecified atom stereocenters. The Morgan fingerprint density at radius 2 is 1.94 bits per heavy atom. The topological polar surface area (TPSA) is 45.3 Å². The van der Waals surface area contributed by atoms with E-state index < -0.39 is 23.6 Å². The van der Waals surface area contributed by atoms with E-state index in [-0.39, 0.29) is 23.8 Å². The van der Waals surface area contributed by atoms with Crippen LogP contribution in [0.2, 0.25) is 0 Å². The molecular formula is C27H28F2N2O2. The largest absolute Gasteiger partial charge is 0.463 e. The van der Waals surface area contributed by atoms with Gasteiger partial charge in [-0.3, -0.25) is 0 Å². The van der Waals surface area contributed by atoms with Crippen molar-refractivity contribution in [3.63, 3.8) is 0 Å². The number of carbonyl (C=O) groups excluding carboxylic acids is 1. The van der Waals surface area contributed by atoms with E-state index >= 15 is 8.78 Å². The number of fused-ring (bicyclic) bond motifs is 3. The van der Waals surface area contributed by atoms with Crippen molar-refractivity contribution in [1.29, 1.82) is 0 Å². The normalized spacial score (nSPS) is 18.0. The number of hydrogen-bond donors (Lipinski definition) is 1. The molecule has 0 fully saturated rings. The maximum Gasteiger partial charge on any atom is 0.330 e. The second-order valence-electron chi connectivity index (χ2n) is 8.33. The Balaban J connectivity index is 1.86. The van der Waals surface area contributed by atoms with Crippen molar-refractivity contribution in [2.75, 3.05) is 6.61 Å². The van der Waals surface area contributed by atoms with Crippen LogP contribution in [0.4, 0.5) is 8.78 Å². The number of halogens is 2. The highest BCUT2D eigenvalue weighted by molar-refractivity contribution is 5.87. The number of esters is 1. The van der Waals surface area contributed by atoms with Crippen LogP contribution in [0.1, 0.15) is 55.6 Å². The van der Waals surface area contributed by atoms with Crippen molar-refractivity contribution >= 4 is 22.9 Å². The summed E-state index contributed by atoms with van der Waals surface area (Å²) in [5.74, 6) is -1.90.